The van der Waals surface area contributed by atoms with Crippen LogP contribution in [0.4, 0.5) is 8.78 Å². The predicted molar refractivity (Wildman–Crippen MR) is 104 cm³/mol. The lowest BCUT2D eigenvalue weighted by Crippen LogP contribution is -2.31. The second-order valence-electron chi connectivity index (χ2n) is 6.10. The van der Waals surface area contributed by atoms with Gasteiger partial charge in [0.15, 0.2) is 0 Å². The van der Waals surface area contributed by atoms with E-state index in [1.54, 1.807) is 13.8 Å². The Kier molecular flexibility index (Phi) is 7.14. The van der Waals surface area contributed by atoms with Crippen LogP contribution in [0.3, 0.4) is 0 Å². The molecule has 0 spiro atoms. The van der Waals surface area contributed by atoms with Crippen LogP contribution in [0.15, 0.2) is 41.3 Å². The molecule has 0 aliphatic rings. The monoisotopic (exact) mass is 430 g/mol. The van der Waals surface area contributed by atoms with Gasteiger partial charge in [-0.15, -0.1) is 0 Å². The third kappa shape index (κ3) is 4.68. The maximum Gasteiger partial charge on any atom is 0.251 e. The topological polar surface area (TPSA) is 66.5 Å². The molecule has 0 fully saturated rings. The summed E-state index contributed by atoms with van der Waals surface area (Å²) in [5.41, 5.74) is 0.171. The second-order valence-corrected chi connectivity index (χ2v) is 8.41. The summed E-state index contributed by atoms with van der Waals surface area (Å²) >= 11 is 6.06. The summed E-state index contributed by atoms with van der Waals surface area (Å²) in [5.74, 6) is -2.11. The van der Waals surface area contributed by atoms with E-state index >= 15 is 0 Å². The molecule has 2 aromatic carbocycles. The van der Waals surface area contributed by atoms with Crippen molar-refractivity contribution in [3.63, 3.8) is 0 Å². The Morgan fingerprint density at radius 2 is 1.79 bits per heavy atom. The Balaban J connectivity index is 2.32. The molecule has 5 nitrogen and oxygen atoms in total. The molecule has 0 bridgehead atoms. The summed E-state index contributed by atoms with van der Waals surface area (Å²) in [7, 11) is -3.86. The standard InChI is InChI=1S/C19H21ClF2N2O3S/c1-4-24(5-2)28(26,27)18-10-13(6-9-16(18)20)19(25)23-12(3)15-8-7-14(21)11-17(15)22/h6-12H,4-5H2,1-3H3,(H,23,25). The van der Waals surface area contributed by atoms with E-state index in [0.29, 0.717) is 0 Å². The molecule has 0 aliphatic heterocycles. The Labute approximate surface area is 168 Å². The summed E-state index contributed by atoms with van der Waals surface area (Å²) in [4.78, 5) is 12.4. The van der Waals surface area contributed by atoms with Gasteiger partial charge in [0.25, 0.3) is 5.91 Å². The minimum Gasteiger partial charge on any atom is -0.345 e. The molecule has 1 amide bonds. The largest absolute Gasteiger partial charge is 0.345 e. The van der Waals surface area contributed by atoms with Crippen LogP contribution in [0.25, 0.3) is 0 Å². The molecule has 0 aromatic heterocycles. The summed E-state index contributed by atoms with van der Waals surface area (Å²) in [6.45, 7) is 5.45. The van der Waals surface area contributed by atoms with E-state index in [-0.39, 0.29) is 34.1 Å². The summed E-state index contributed by atoms with van der Waals surface area (Å²) in [6, 6.07) is 6.22. The molecule has 0 aliphatic carbocycles. The fraction of sp³-hybridized carbons (Fsp3) is 0.316. The molecule has 2 aromatic rings. The zero-order valence-electron chi connectivity index (χ0n) is 15.7. The number of rotatable bonds is 7. The SMILES string of the molecule is CCN(CC)S(=O)(=O)c1cc(C(=O)NC(C)c2ccc(F)cc2F)ccc1Cl. The van der Waals surface area contributed by atoms with Gasteiger partial charge in [0, 0.05) is 30.3 Å². The van der Waals surface area contributed by atoms with Crippen LogP contribution in [0.5, 0.6) is 0 Å². The van der Waals surface area contributed by atoms with Gasteiger partial charge >= 0.3 is 0 Å². The first-order chi connectivity index (χ1) is 13.1. The maximum atomic E-state index is 13.9. The lowest BCUT2D eigenvalue weighted by molar-refractivity contribution is 0.0939. The molecule has 2 rings (SSSR count). The molecule has 0 saturated carbocycles. The first-order valence-corrected chi connectivity index (χ1v) is 10.5. The number of hydrogen-bond donors (Lipinski definition) is 1. The molecule has 1 unspecified atom stereocenters. The highest BCUT2D eigenvalue weighted by molar-refractivity contribution is 7.89. The van der Waals surface area contributed by atoms with Gasteiger partial charge in [0.1, 0.15) is 16.5 Å². The molecule has 1 atom stereocenters. The van der Waals surface area contributed by atoms with Crippen LogP contribution in [0.2, 0.25) is 5.02 Å². The van der Waals surface area contributed by atoms with Gasteiger partial charge in [-0.3, -0.25) is 4.79 Å². The first kappa shape index (κ1) is 22.3. The van der Waals surface area contributed by atoms with Crippen molar-refractivity contribution < 1.29 is 22.0 Å². The van der Waals surface area contributed by atoms with Crippen molar-refractivity contribution in [2.45, 2.75) is 31.7 Å². The van der Waals surface area contributed by atoms with E-state index in [0.717, 1.165) is 12.1 Å². The van der Waals surface area contributed by atoms with E-state index in [1.165, 1.54) is 35.5 Å². The smallest absolute Gasteiger partial charge is 0.251 e. The van der Waals surface area contributed by atoms with Crippen LogP contribution in [0.1, 0.15) is 42.7 Å². The number of sulfonamides is 1. The van der Waals surface area contributed by atoms with Crippen molar-refractivity contribution in [3.8, 4) is 0 Å². The Hall–Kier alpha value is -2.03. The van der Waals surface area contributed by atoms with Crippen LogP contribution in [-0.4, -0.2) is 31.7 Å². The minimum absolute atomic E-state index is 0.000998. The van der Waals surface area contributed by atoms with Crippen molar-refractivity contribution in [1.29, 1.82) is 0 Å². The van der Waals surface area contributed by atoms with Gasteiger partial charge in [-0.25, -0.2) is 17.2 Å². The van der Waals surface area contributed by atoms with Crippen molar-refractivity contribution in [1.82, 2.24) is 9.62 Å². The van der Waals surface area contributed by atoms with Crippen molar-refractivity contribution in [2.24, 2.45) is 0 Å². The quantitative estimate of drug-likeness (QED) is 0.717. The Bertz CT molecular complexity index is 979. The molecule has 0 heterocycles. The number of halogens is 3. The molecule has 0 saturated heterocycles. The van der Waals surface area contributed by atoms with Gasteiger partial charge in [0.2, 0.25) is 10.0 Å². The highest BCUT2D eigenvalue weighted by Gasteiger charge is 2.26. The number of nitrogens with zero attached hydrogens (tertiary/aromatic N) is 1. The van der Waals surface area contributed by atoms with E-state index in [4.69, 9.17) is 11.6 Å². The fourth-order valence-corrected chi connectivity index (χ4v) is 4.71. The van der Waals surface area contributed by atoms with Crippen LogP contribution in [-0.2, 0) is 10.0 Å². The van der Waals surface area contributed by atoms with Crippen molar-refractivity contribution >= 4 is 27.5 Å². The molecule has 28 heavy (non-hydrogen) atoms. The van der Waals surface area contributed by atoms with Crippen molar-refractivity contribution in [2.75, 3.05) is 13.1 Å². The molecule has 9 heteroatoms. The number of amides is 1. The third-order valence-corrected chi connectivity index (χ3v) is 6.82. The average molecular weight is 431 g/mol. The van der Waals surface area contributed by atoms with Gasteiger partial charge in [-0.05, 0) is 31.2 Å². The average Bonchev–Trinajstić information content (AvgIpc) is 2.62. The summed E-state index contributed by atoms with van der Waals surface area (Å²) in [5, 5.41) is 2.58. The van der Waals surface area contributed by atoms with E-state index in [1.807, 2.05) is 0 Å². The highest BCUT2D eigenvalue weighted by atomic mass is 35.5. The predicted octanol–water partition coefficient (Wildman–Crippen LogP) is 4.14. The van der Waals surface area contributed by atoms with Gasteiger partial charge in [-0.2, -0.15) is 4.31 Å². The lowest BCUT2D eigenvalue weighted by Gasteiger charge is -2.20. The molecule has 0 radical (unpaired) electrons. The van der Waals surface area contributed by atoms with E-state index < -0.39 is 33.6 Å². The summed E-state index contributed by atoms with van der Waals surface area (Å²) in [6.07, 6.45) is 0. The number of nitrogens with one attached hydrogen (secondary N) is 1. The van der Waals surface area contributed by atoms with Crippen LogP contribution in [0, 0.1) is 11.6 Å². The van der Waals surface area contributed by atoms with Crippen LogP contribution >= 0.6 is 11.6 Å². The molecular weight excluding hydrogens is 410 g/mol. The van der Waals surface area contributed by atoms with Crippen LogP contribution < -0.4 is 5.32 Å². The van der Waals surface area contributed by atoms with Crippen molar-refractivity contribution in [3.05, 3.63) is 64.2 Å². The lowest BCUT2D eigenvalue weighted by atomic mass is 10.1. The number of hydrogen-bond acceptors (Lipinski definition) is 3. The molecule has 1 N–H and O–H groups in total. The minimum atomic E-state index is -3.86. The first-order valence-electron chi connectivity index (χ1n) is 8.67. The van der Waals surface area contributed by atoms with Gasteiger partial charge in [-0.1, -0.05) is 31.5 Å². The Morgan fingerprint density at radius 1 is 1.14 bits per heavy atom. The van der Waals surface area contributed by atoms with E-state index in [2.05, 4.69) is 5.32 Å². The zero-order chi connectivity index (χ0) is 21.1. The molecule has 152 valence electrons. The third-order valence-electron chi connectivity index (χ3n) is 4.29. The summed E-state index contributed by atoms with van der Waals surface area (Å²) < 4.78 is 53.7. The Morgan fingerprint density at radius 3 is 2.36 bits per heavy atom. The normalized spacial score (nSPS) is 12.8. The highest BCUT2D eigenvalue weighted by Crippen LogP contribution is 2.26. The molecular formula is C19H21ClF2N2O3S. The number of benzene rings is 2. The zero-order valence-corrected chi connectivity index (χ0v) is 17.2. The number of carbonyl (C=O) groups excluding carboxylic acids is 1. The second kappa shape index (κ2) is 8.98. The van der Waals surface area contributed by atoms with E-state index in [9.17, 15) is 22.0 Å². The maximum absolute atomic E-state index is 13.9. The fourth-order valence-electron chi connectivity index (χ4n) is 2.76. The van der Waals surface area contributed by atoms with Gasteiger partial charge in [0.05, 0.1) is 11.1 Å². The van der Waals surface area contributed by atoms with Gasteiger partial charge < -0.3 is 5.32 Å². The number of carbonyl (C=O) groups is 1.